The van der Waals surface area contributed by atoms with Gasteiger partial charge in [-0.2, -0.15) is 0 Å². The number of para-hydroxylation sites is 4. The Balaban J connectivity index is 1.14. The fourth-order valence-corrected chi connectivity index (χ4v) is 11.4. The minimum Gasteiger partial charge on any atom is -0.310 e. The van der Waals surface area contributed by atoms with Gasteiger partial charge in [-0.3, -0.25) is 0 Å². The molecule has 2 nitrogen and oxygen atoms in total. The second-order valence-electron chi connectivity index (χ2n) is 16.5. The summed E-state index contributed by atoms with van der Waals surface area (Å²) in [6.07, 6.45) is 0. The van der Waals surface area contributed by atoms with Gasteiger partial charge in [0.1, 0.15) is 0 Å². The van der Waals surface area contributed by atoms with E-state index in [-0.39, 0.29) is 0 Å². The van der Waals surface area contributed by atoms with Crippen molar-refractivity contribution < 1.29 is 0 Å². The Hall–Kier alpha value is -7.42. The van der Waals surface area contributed by atoms with E-state index in [1.807, 2.05) is 0 Å². The summed E-state index contributed by atoms with van der Waals surface area (Å²) >= 11 is 0. The summed E-state index contributed by atoms with van der Waals surface area (Å²) in [5, 5.41) is 2.58. The van der Waals surface area contributed by atoms with Crippen LogP contribution in [0.2, 0.25) is 0 Å². The lowest BCUT2D eigenvalue weighted by Gasteiger charge is -2.54. The summed E-state index contributed by atoms with van der Waals surface area (Å²) in [6.45, 7) is 2.50. The highest BCUT2D eigenvalue weighted by Crippen LogP contribution is 2.66. The Morgan fingerprint density at radius 1 is 0.356 bits per heavy atom. The second kappa shape index (κ2) is 11.8. The van der Waals surface area contributed by atoms with Gasteiger partial charge in [0.25, 0.3) is 0 Å². The van der Waals surface area contributed by atoms with Gasteiger partial charge in [-0.15, -0.1) is 0 Å². The van der Waals surface area contributed by atoms with Crippen LogP contribution in [0.4, 0.5) is 17.1 Å². The smallest absolute Gasteiger partial charge is 0.0749 e. The van der Waals surface area contributed by atoms with Crippen molar-refractivity contribution in [3.63, 3.8) is 0 Å². The zero-order chi connectivity index (χ0) is 38.9. The minimum atomic E-state index is -0.577. The van der Waals surface area contributed by atoms with Crippen LogP contribution in [0.5, 0.6) is 0 Å². The highest BCUT2D eigenvalue weighted by atomic mass is 15.2. The van der Waals surface area contributed by atoms with Gasteiger partial charge < -0.3 is 9.47 Å². The van der Waals surface area contributed by atoms with Gasteiger partial charge in [0.15, 0.2) is 0 Å². The highest BCUT2D eigenvalue weighted by Gasteiger charge is 2.57. The van der Waals surface area contributed by atoms with E-state index in [2.05, 4.69) is 229 Å². The van der Waals surface area contributed by atoms with Crippen LogP contribution >= 0.6 is 0 Å². The van der Waals surface area contributed by atoms with Gasteiger partial charge in [-0.25, -0.2) is 0 Å². The van der Waals surface area contributed by atoms with E-state index in [9.17, 15) is 0 Å². The largest absolute Gasteiger partial charge is 0.310 e. The van der Waals surface area contributed by atoms with Gasteiger partial charge in [0.2, 0.25) is 0 Å². The van der Waals surface area contributed by atoms with Crippen LogP contribution in [0.15, 0.2) is 212 Å². The van der Waals surface area contributed by atoms with E-state index in [0.717, 1.165) is 5.69 Å². The van der Waals surface area contributed by atoms with E-state index in [0.29, 0.717) is 0 Å². The van der Waals surface area contributed by atoms with Crippen LogP contribution in [0, 0.1) is 0 Å². The third kappa shape index (κ3) is 4.10. The molecule has 0 saturated heterocycles. The number of anilines is 3. The topological polar surface area (TPSA) is 8.17 Å². The fourth-order valence-electron chi connectivity index (χ4n) is 11.4. The summed E-state index contributed by atoms with van der Waals surface area (Å²) in [5.41, 5.74) is 20.6. The maximum Gasteiger partial charge on any atom is 0.0749 e. The van der Waals surface area contributed by atoms with Crippen LogP contribution < -0.4 is 4.90 Å². The molecule has 9 aromatic carbocycles. The van der Waals surface area contributed by atoms with Crippen LogP contribution in [-0.2, 0) is 10.8 Å². The first-order chi connectivity index (χ1) is 29.2. The predicted molar refractivity (Wildman–Crippen MR) is 244 cm³/mol. The summed E-state index contributed by atoms with van der Waals surface area (Å²) in [5.74, 6) is 0. The van der Waals surface area contributed by atoms with Crippen molar-refractivity contribution in [2.75, 3.05) is 4.90 Å². The van der Waals surface area contributed by atoms with E-state index < -0.39 is 10.8 Å². The molecule has 276 valence electrons. The number of benzene rings is 9. The molecular weight excluding hydrogens is 713 g/mol. The van der Waals surface area contributed by atoms with Crippen molar-refractivity contribution in [3.8, 4) is 27.9 Å². The summed E-state index contributed by atoms with van der Waals surface area (Å²) in [4.78, 5) is 2.52. The van der Waals surface area contributed by atoms with Crippen molar-refractivity contribution in [1.82, 2.24) is 4.57 Å². The van der Waals surface area contributed by atoms with E-state index in [4.69, 9.17) is 0 Å². The van der Waals surface area contributed by atoms with Gasteiger partial charge in [0.05, 0.1) is 33.5 Å². The normalized spacial score (nSPS) is 18.0. The maximum atomic E-state index is 2.54. The predicted octanol–water partition coefficient (Wildman–Crippen LogP) is 14.3. The summed E-state index contributed by atoms with van der Waals surface area (Å²) < 4.78 is 2.54. The average molecular weight is 751 g/mol. The molecule has 0 N–H and O–H groups in total. The van der Waals surface area contributed by atoms with E-state index in [1.54, 1.807) is 0 Å². The number of rotatable bonds is 3. The zero-order valence-electron chi connectivity index (χ0n) is 32.6. The molecule has 2 heteroatoms. The molecule has 13 rings (SSSR count). The Kier molecular flexibility index (Phi) is 6.54. The number of aromatic nitrogens is 1. The molecular formula is C57H38N2. The average Bonchev–Trinajstić information content (AvgIpc) is 3.65. The number of hydrogen-bond acceptors (Lipinski definition) is 1. The third-order valence-electron chi connectivity index (χ3n) is 13.8. The van der Waals surface area contributed by atoms with Crippen LogP contribution in [0.25, 0.3) is 49.7 Å². The standard InChI is InChI=1S/C57H38N2/c1-56-44-22-9-10-23-45(44)57(46-24-11-13-28-51(46)59-50-27-12-8-20-42(50)43-21-14-26-48(57)55(43)59)47-25-15-29-53(54(47)56)58(41-18-6-3-7-19-41)52-35-34-40(36-49(52)56)39-32-30-38(31-33-39)37-16-4-2-5-17-37/h2-36H,1H3. The molecule has 10 aromatic rings. The summed E-state index contributed by atoms with van der Waals surface area (Å²) in [7, 11) is 0. The third-order valence-corrected chi connectivity index (χ3v) is 13.8. The van der Waals surface area contributed by atoms with Gasteiger partial charge in [0, 0.05) is 21.9 Å². The Bertz CT molecular complexity index is 3340. The quantitative estimate of drug-likeness (QED) is 0.175. The molecule has 0 amide bonds. The number of hydrogen-bond donors (Lipinski definition) is 0. The lowest BCUT2D eigenvalue weighted by atomic mass is 9.50. The first kappa shape index (κ1) is 32.6. The van der Waals surface area contributed by atoms with Crippen molar-refractivity contribution in [2.45, 2.75) is 17.8 Å². The van der Waals surface area contributed by atoms with Gasteiger partial charge in [-0.1, -0.05) is 170 Å². The first-order valence-corrected chi connectivity index (χ1v) is 20.7. The molecule has 0 fully saturated rings. The van der Waals surface area contributed by atoms with Crippen molar-refractivity contribution in [1.29, 1.82) is 0 Å². The lowest BCUT2D eigenvalue weighted by Crippen LogP contribution is -2.47. The maximum absolute atomic E-state index is 2.54. The van der Waals surface area contributed by atoms with Crippen LogP contribution in [-0.4, -0.2) is 4.57 Å². The van der Waals surface area contributed by atoms with Crippen molar-refractivity contribution in [3.05, 3.63) is 251 Å². The van der Waals surface area contributed by atoms with Crippen LogP contribution in [0.1, 0.15) is 45.9 Å². The number of fused-ring (bicyclic) bond motifs is 13. The van der Waals surface area contributed by atoms with Gasteiger partial charge in [-0.05, 0) is 111 Å². The monoisotopic (exact) mass is 750 g/mol. The molecule has 0 bridgehead atoms. The fraction of sp³-hybridized carbons (Fsp3) is 0.0526. The van der Waals surface area contributed by atoms with Crippen molar-refractivity contribution >= 4 is 38.9 Å². The second-order valence-corrected chi connectivity index (χ2v) is 16.5. The number of nitrogens with zero attached hydrogens (tertiary/aromatic N) is 2. The molecule has 59 heavy (non-hydrogen) atoms. The van der Waals surface area contributed by atoms with E-state index in [1.165, 1.54) is 100 Å². The SMILES string of the molecule is CC12c3cc(-c4ccc(-c5ccccc5)cc4)ccc3N(c3ccccc3)c3cccc(c31)C1(c3ccccc3-n3c4ccccc4c4cccc1c43)c1ccccc12. The van der Waals surface area contributed by atoms with Crippen molar-refractivity contribution in [2.24, 2.45) is 0 Å². The first-order valence-electron chi connectivity index (χ1n) is 20.7. The Labute approximate surface area is 343 Å². The lowest BCUT2D eigenvalue weighted by molar-refractivity contribution is 0.580. The molecule has 2 aliphatic heterocycles. The zero-order valence-corrected chi connectivity index (χ0v) is 32.6. The molecule has 3 heterocycles. The van der Waals surface area contributed by atoms with Gasteiger partial charge >= 0.3 is 0 Å². The molecule has 0 saturated carbocycles. The summed E-state index contributed by atoms with van der Waals surface area (Å²) in [6, 6.07) is 79.5. The molecule has 0 radical (unpaired) electrons. The molecule has 2 atom stereocenters. The Morgan fingerprint density at radius 2 is 0.915 bits per heavy atom. The van der Waals surface area contributed by atoms with E-state index >= 15 is 0 Å². The minimum absolute atomic E-state index is 0.471. The molecule has 1 aromatic heterocycles. The highest BCUT2D eigenvalue weighted by molar-refractivity contribution is 6.12. The molecule has 2 unspecified atom stereocenters. The molecule has 1 aliphatic carbocycles. The molecule has 1 spiro atoms. The molecule has 3 aliphatic rings. The Morgan fingerprint density at radius 3 is 1.73 bits per heavy atom. The van der Waals surface area contributed by atoms with Crippen LogP contribution in [0.3, 0.4) is 0 Å².